The van der Waals surface area contributed by atoms with E-state index in [0.29, 0.717) is 5.76 Å². The minimum Gasteiger partial charge on any atom is -0.512 e. The average molecular weight is 695 g/mol. The molecule has 3 aliphatic carbocycles. The number of allylic oxidation sites excluding steroid dienone is 2. The van der Waals surface area contributed by atoms with Crippen molar-refractivity contribution in [2.75, 3.05) is 0 Å². The van der Waals surface area contributed by atoms with E-state index in [2.05, 4.69) is 66.7 Å². The Bertz CT molecular complexity index is 1510. The Morgan fingerprint density at radius 3 is 2.28 bits per heavy atom. The molecule has 3 nitrogen and oxygen atoms in total. The molecule has 1 aromatic heterocycles. The second kappa shape index (κ2) is 12.9. The van der Waals surface area contributed by atoms with E-state index in [1.165, 1.54) is 64.4 Å². The van der Waals surface area contributed by atoms with E-state index in [9.17, 15) is 9.90 Å². The molecular weight excluding hydrogens is 659 g/mol. The van der Waals surface area contributed by atoms with Gasteiger partial charge in [-0.1, -0.05) is 93.1 Å². The van der Waals surface area contributed by atoms with Gasteiger partial charge in [-0.3, -0.25) is 4.79 Å². The third kappa shape index (κ3) is 5.93. The van der Waals surface area contributed by atoms with Crippen LogP contribution in [0.3, 0.4) is 0 Å². The van der Waals surface area contributed by atoms with Crippen LogP contribution in [0.25, 0.3) is 45.0 Å². The van der Waals surface area contributed by atoms with Crippen molar-refractivity contribution in [2.24, 2.45) is 11.8 Å². The van der Waals surface area contributed by atoms with E-state index in [0.717, 1.165) is 36.9 Å². The molecule has 0 aliphatic heterocycles. The third-order valence-electron chi connectivity index (χ3n) is 8.19. The van der Waals surface area contributed by atoms with Crippen LogP contribution in [0.4, 0.5) is 0 Å². The number of pyridine rings is 1. The monoisotopic (exact) mass is 695 g/mol. The Labute approximate surface area is 245 Å². The number of rotatable bonds is 4. The van der Waals surface area contributed by atoms with Crippen molar-refractivity contribution in [1.29, 1.82) is 0 Å². The van der Waals surface area contributed by atoms with Crippen LogP contribution in [0.15, 0.2) is 72.6 Å². The van der Waals surface area contributed by atoms with Crippen LogP contribution in [0.5, 0.6) is 0 Å². The number of hydrogen-bond donors (Lipinski definition) is 1. The molecule has 1 heterocycles. The molecule has 2 fully saturated rings. The number of aliphatic hydroxyl groups is 1. The van der Waals surface area contributed by atoms with Crippen molar-refractivity contribution in [3.8, 4) is 11.3 Å². The molecule has 0 unspecified atom stereocenters. The fraction of sp³-hybridized carbons (Fsp3) is 0.314. The molecule has 4 aromatic rings. The van der Waals surface area contributed by atoms with Gasteiger partial charge < -0.3 is 10.1 Å². The second-order valence-corrected chi connectivity index (χ2v) is 10.5. The van der Waals surface area contributed by atoms with Gasteiger partial charge in [-0.15, -0.1) is 29.1 Å². The molecule has 0 bridgehead atoms. The molecule has 2 saturated carbocycles. The summed E-state index contributed by atoms with van der Waals surface area (Å²) >= 11 is 0. The zero-order valence-corrected chi connectivity index (χ0v) is 23.8. The summed E-state index contributed by atoms with van der Waals surface area (Å²) in [5, 5.41) is 14.7. The molecule has 1 N–H and O–H groups in total. The fourth-order valence-corrected chi connectivity index (χ4v) is 6.17. The maximum absolute atomic E-state index is 11.8. The predicted octanol–water partition coefficient (Wildman–Crippen LogP) is 9.35. The topological polar surface area (TPSA) is 50.2 Å². The molecule has 39 heavy (non-hydrogen) atoms. The number of aromatic nitrogens is 1. The Hall–Kier alpha value is -3.07. The molecule has 4 heteroatoms. The molecule has 0 amide bonds. The van der Waals surface area contributed by atoms with E-state index < -0.39 is 0 Å². The number of aliphatic hydroxyl groups excluding tert-OH is 1. The summed E-state index contributed by atoms with van der Waals surface area (Å²) in [6.07, 6.45) is 16.7. The van der Waals surface area contributed by atoms with Crippen molar-refractivity contribution in [2.45, 2.75) is 58.8 Å². The molecule has 7 rings (SSSR count). The number of hydrogen-bond acceptors (Lipinski definition) is 3. The van der Waals surface area contributed by atoms with Crippen molar-refractivity contribution in [3.63, 3.8) is 0 Å². The number of nitrogens with zero attached hydrogens (tertiary/aromatic N) is 1. The minimum atomic E-state index is 0. The summed E-state index contributed by atoms with van der Waals surface area (Å²) < 4.78 is 0. The van der Waals surface area contributed by atoms with Gasteiger partial charge in [0.1, 0.15) is 0 Å². The van der Waals surface area contributed by atoms with E-state index in [-0.39, 0.29) is 45.2 Å². The number of carbonyl (C=O) groups excluding carboxylic acids is 1. The quantitative estimate of drug-likeness (QED) is 0.116. The van der Waals surface area contributed by atoms with Gasteiger partial charge in [0.25, 0.3) is 0 Å². The fourth-order valence-electron chi connectivity index (χ4n) is 6.17. The van der Waals surface area contributed by atoms with Crippen LogP contribution in [0, 0.1) is 17.9 Å². The standard InChI is InChI=1S/C21H12N.C13H20O2.CH4.Ir/c1-2-8-17-14(5-1)6-3-9-18(17)21-19-10-4-7-15-11-12-16(13-22-21)20(15)19;14-12(10-5-1-2-6-10)9-13(15)11-7-3-4-8-11;;/h1-8,10-13H;9-11,14H,1-8H2;1H4;/q-1;;;. The summed E-state index contributed by atoms with van der Waals surface area (Å²) in [5.41, 5.74) is 4.57. The molecule has 0 atom stereocenters. The van der Waals surface area contributed by atoms with E-state index in [1.54, 1.807) is 0 Å². The van der Waals surface area contributed by atoms with Gasteiger partial charge in [0.2, 0.25) is 0 Å². The van der Waals surface area contributed by atoms with E-state index in [4.69, 9.17) is 4.98 Å². The molecular formula is C35H36IrNO2-. The van der Waals surface area contributed by atoms with E-state index >= 15 is 0 Å². The minimum absolute atomic E-state index is 0. The molecule has 0 saturated heterocycles. The van der Waals surface area contributed by atoms with Crippen LogP contribution in [-0.2, 0) is 24.9 Å². The summed E-state index contributed by atoms with van der Waals surface area (Å²) in [6, 6.07) is 22.3. The van der Waals surface area contributed by atoms with Crippen LogP contribution in [0.2, 0.25) is 0 Å². The largest absolute Gasteiger partial charge is 0.512 e. The molecule has 3 aliphatic rings. The van der Waals surface area contributed by atoms with Crippen LogP contribution >= 0.6 is 0 Å². The van der Waals surface area contributed by atoms with Crippen molar-refractivity contribution in [1.82, 2.24) is 4.98 Å². The van der Waals surface area contributed by atoms with Gasteiger partial charge in [0, 0.05) is 44.2 Å². The average Bonchev–Trinajstić information content (AvgIpc) is 3.73. The van der Waals surface area contributed by atoms with Gasteiger partial charge in [-0.05, 0) is 53.3 Å². The SMILES string of the molecule is C.O=C(C=C(O)C1CCCC1)C1CCCC1.[Ir].[c-]1ccc2ccccc2c1-c1ncc2c3c(cccc13)C=C2. The van der Waals surface area contributed by atoms with Crippen molar-refractivity contribution >= 4 is 39.5 Å². The Balaban J connectivity index is 0.000000184. The molecule has 203 valence electrons. The smallest absolute Gasteiger partial charge is 0.162 e. The van der Waals surface area contributed by atoms with Gasteiger partial charge in [0.15, 0.2) is 5.78 Å². The number of carbonyl (C=O) groups is 1. The van der Waals surface area contributed by atoms with Crippen LogP contribution < -0.4 is 0 Å². The normalized spacial score (nSPS) is 16.6. The Morgan fingerprint density at radius 2 is 1.51 bits per heavy atom. The van der Waals surface area contributed by atoms with Gasteiger partial charge in [-0.25, -0.2) is 0 Å². The third-order valence-corrected chi connectivity index (χ3v) is 8.19. The van der Waals surface area contributed by atoms with Crippen LogP contribution in [-0.4, -0.2) is 15.9 Å². The molecule has 0 spiro atoms. The molecule has 1 radical (unpaired) electrons. The van der Waals surface area contributed by atoms with Gasteiger partial charge in [-0.2, -0.15) is 0 Å². The predicted molar refractivity (Wildman–Crippen MR) is 159 cm³/mol. The summed E-state index contributed by atoms with van der Waals surface area (Å²) in [6.45, 7) is 0. The second-order valence-electron chi connectivity index (χ2n) is 10.5. The number of benzene rings is 3. The Kier molecular flexibility index (Phi) is 9.53. The summed E-state index contributed by atoms with van der Waals surface area (Å²) in [4.78, 5) is 16.5. The first-order valence-corrected chi connectivity index (χ1v) is 13.6. The van der Waals surface area contributed by atoms with Crippen molar-refractivity contribution < 1.29 is 30.0 Å². The van der Waals surface area contributed by atoms with E-state index in [1.807, 2.05) is 12.3 Å². The zero-order chi connectivity index (χ0) is 25.2. The van der Waals surface area contributed by atoms with Gasteiger partial charge in [0.05, 0.1) is 5.76 Å². The zero-order valence-electron chi connectivity index (χ0n) is 21.5. The summed E-state index contributed by atoms with van der Waals surface area (Å²) in [7, 11) is 0. The first kappa shape index (κ1) is 28.9. The Morgan fingerprint density at radius 1 is 0.846 bits per heavy atom. The van der Waals surface area contributed by atoms with Crippen molar-refractivity contribution in [3.05, 3.63) is 89.8 Å². The van der Waals surface area contributed by atoms with Gasteiger partial charge >= 0.3 is 0 Å². The first-order valence-electron chi connectivity index (χ1n) is 13.6. The first-order chi connectivity index (χ1) is 18.2. The molecule has 3 aromatic carbocycles. The number of ketones is 1. The summed E-state index contributed by atoms with van der Waals surface area (Å²) in [5.74, 6) is 0.991. The number of fused-ring (bicyclic) bond motifs is 1. The maximum Gasteiger partial charge on any atom is 0.162 e. The maximum atomic E-state index is 11.8. The van der Waals surface area contributed by atoms with Crippen LogP contribution in [0.1, 0.15) is 69.9 Å².